The maximum atomic E-state index is 12.2. The number of nitrogens with one attached hydrogen (secondary N) is 1. The van der Waals surface area contributed by atoms with Crippen LogP contribution >= 0.6 is 0 Å². The van der Waals surface area contributed by atoms with Crippen LogP contribution in [0.5, 0.6) is 0 Å². The van der Waals surface area contributed by atoms with Gasteiger partial charge in [-0.25, -0.2) is 0 Å². The molecular formula is C21H27NO3S. The van der Waals surface area contributed by atoms with Crippen molar-refractivity contribution in [1.29, 1.82) is 0 Å². The summed E-state index contributed by atoms with van der Waals surface area (Å²) in [5.41, 5.74) is 0.758. The van der Waals surface area contributed by atoms with E-state index in [4.69, 9.17) is 4.18 Å². The van der Waals surface area contributed by atoms with Gasteiger partial charge in [0.1, 0.15) is 5.60 Å². The van der Waals surface area contributed by atoms with Crippen LogP contribution in [0.4, 0.5) is 0 Å². The Morgan fingerprint density at radius 2 is 1.62 bits per heavy atom. The molecule has 0 amide bonds. The molecule has 1 heterocycles. The minimum atomic E-state index is -3.65. The highest BCUT2D eigenvalue weighted by atomic mass is 32.2. The summed E-state index contributed by atoms with van der Waals surface area (Å²) in [5.74, 6) is 0.540. The Morgan fingerprint density at radius 3 is 2.08 bits per heavy atom. The molecule has 0 spiro atoms. The minimum absolute atomic E-state index is 0.540. The molecule has 1 N–H and O–H groups in total. The van der Waals surface area contributed by atoms with Crippen LogP contribution in [-0.4, -0.2) is 27.8 Å². The molecule has 4 nitrogen and oxygen atoms in total. The fraction of sp³-hybridized carbons (Fsp3) is 0.429. The predicted octanol–water partition coefficient (Wildman–Crippen LogP) is 3.69. The Bertz CT molecular complexity index is 745. The van der Waals surface area contributed by atoms with Gasteiger partial charge in [0.2, 0.25) is 0 Å². The van der Waals surface area contributed by atoms with E-state index >= 15 is 0 Å². The number of benzene rings is 2. The van der Waals surface area contributed by atoms with E-state index in [9.17, 15) is 8.42 Å². The molecule has 1 saturated heterocycles. The molecule has 1 aliphatic heterocycles. The normalized spacial score (nSPS) is 18.6. The Labute approximate surface area is 156 Å². The standard InChI is InChI=1S/C21H27NO3S/c1-26(23,24)25-21(19-10-4-2-5-11-19,20-12-6-3-7-13-20)15-14-18-9-8-16-22-17-18/h2-7,10-13,18,22H,8-9,14-17H2,1H3. The van der Waals surface area contributed by atoms with E-state index in [-0.39, 0.29) is 0 Å². The summed E-state index contributed by atoms with van der Waals surface area (Å²) in [5, 5.41) is 3.44. The van der Waals surface area contributed by atoms with E-state index < -0.39 is 15.7 Å². The first-order chi connectivity index (χ1) is 12.5. The highest BCUT2D eigenvalue weighted by Gasteiger charge is 2.39. The van der Waals surface area contributed by atoms with Gasteiger partial charge in [0.25, 0.3) is 10.1 Å². The van der Waals surface area contributed by atoms with Gasteiger partial charge in [-0.15, -0.1) is 0 Å². The lowest BCUT2D eigenvalue weighted by molar-refractivity contribution is 0.0986. The van der Waals surface area contributed by atoms with Gasteiger partial charge < -0.3 is 5.32 Å². The van der Waals surface area contributed by atoms with Crippen molar-refractivity contribution in [2.75, 3.05) is 19.3 Å². The van der Waals surface area contributed by atoms with Gasteiger partial charge in [0, 0.05) is 0 Å². The Balaban J connectivity index is 2.02. The Hall–Kier alpha value is -1.69. The van der Waals surface area contributed by atoms with Crippen LogP contribution in [0.1, 0.15) is 36.8 Å². The lowest BCUT2D eigenvalue weighted by Gasteiger charge is -2.35. The van der Waals surface area contributed by atoms with Crippen LogP contribution in [0.2, 0.25) is 0 Å². The summed E-state index contributed by atoms with van der Waals surface area (Å²) >= 11 is 0. The summed E-state index contributed by atoms with van der Waals surface area (Å²) in [6.45, 7) is 2.05. The zero-order chi connectivity index (χ0) is 18.5. The molecule has 2 aromatic carbocycles. The number of rotatable bonds is 7. The second kappa shape index (κ2) is 8.33. The molecular weight excluding hydrogens is 346 g/mol. The van der Waals surface area contributed by atoms with Gasteiger partial charge in [-0.2, -0.15) is 8.42 Å². The SMILES string of the molecule is CS(=O)(=O)OC(CCC1CCCNC1)(c1ccccc1)c1ccccc1. The van der Waals surface area contributed by atoms with Crippen molar-refractivity contribution >= 4 is 10.1 Å². The fourth-order valence-corrected chi connectivity index (χ4v) is 4.64. The monoisotopic (exact) mass is 373 g/mol. The van der Waals surface area contributed by atoms with E-state index in [2.05, 4.69) is 5.32 Å². The molecule has 1 unspecified atom stereocenters. The van der Waals surface area contributed by atoms with Gasteiger partial charge in [-0.05, 0) is 55.8 Å². The van der Waals surface area contributed by atoms with Crippen molar-refractivity contribution in [1.82, 2.24) is 5.32 Å². The average Bonchev–Trinajstić information content (AvgIpc) is 2.66. The third-order valence-electron chi connectivity index (χ3n) is 5.08. The number of hydrogen-bond donors (Lipinski definition) is 1. The second-order valence-corrected chi connectivity index (χ2v) is 8.67. The van der Waals surface area contributed by atoms with Crippen molar-refractivity contribution in [2.45, 2.75) is 31.3 Å². The van der Waals surface area contributed by atoms with E-state index in [0.29, 0.717) is 12.3 Å². The molecule has 0 saturated carbocycles. The number of hydrogen-bond acceptors (Lipinski definition) is 4. The first-order valence-electron chi connectivity index (χ1n) is 9.22. The van der Waals surface area contributed by atoms with Gasteiger partial charge >= 0.3 is 0 Å². The van der Waals surface area contributed by atoms with E-state index in [1.807, 2.05) is 60.7 Å². The summed E-state index contributed by atoms with van der Waals surface area (Å²) < 4.78 is 30.3. The van der Waals surface area contributed by atoms with Crippen LogP contribution in [-0.2, 0) is 19.9 Å². The lowest BCUT2D eigenvalue weighted by Crippen LogP contribution is -2.36. The van der Waals surface area contributed by atoms with Gasteiger partial charge in [-0.3, -0.25) is 4.18 Å². The van der Waals surface area contributed by atoms with Crippen LogP contribution in [0.3, 0.4) is 0 Å². The van der Waals surface area contributed by atoms with Crippen molar-refractivity contribution < 1.29 is 12.6 Å². The van der Waals surface area contributed by atoms with Crippen molar-refractivity contribution in [3.8, 4) is 0 Å². The molecule has 3 rings (SSSR count). The lowest BCUT2D eigenvalue weighted by atomic mass is 9.79. The highest BCUT2D eigenvalue weighted by Crippen LogP contribution is 2.40. The quantitative estimate of drug-likeness (QED) is 0.752. The molecule has 0 aromatic heterocycles. The molecule has 0 bridgehead atoms. The molecule has 0 radical (unpaired) electrons. The van der Waals surface area contributed by atoms with Crippen LogP contribution in [0.15, 0.2) is 60.7 Å². The van der Waals surface area contributed by atoms with Gasteiger partial charge in [0.15, 0.2) is 0 Å². The first kappa shape index (κ1) is 19.1. The van der Waals surface area contributed by atoms with Crippen LogP contribution in [0.25, 0.3) is 0 Å². The molecule has 26 heavy (non-hydrogen) atoms. The zero-order valence-corrected chi connectivity index (χ0v) is 16.0. The van der Waals surface area contributed by atoms with Crippen LogP contribution < -0.4 is 5.32 Å². The summed E-state index contributed by atoms with van der Waals surface area (Å²) in [7, 11) is -3.65. The summed E-state index contributed by atoms with van der Waals surface area (Å²) in [6, 6.07) is 19.4. The predicted molar refractivity (Wildman–Crippen MR) is 104 cm³/mol. The van der Waals surface area contributed by atoms with E-state index in [1.54, 1.807) is 0 Å². The molecule has 1 aliphatic rings. The molecule has 2 aromatic rings. The van der Waals surface area contributed by atoms with E-state index in [1.165, 1.54) is 12.8 Å². The third-order valence-corrected chi connectivity index (χ3v) is 5.66. The zero-order valence-electron chi connectivity index (χ0n) is 15.2. The molecule has 5 heteroatoms. The maximum absolute atomic E-state index is 12.2. The minimum Gasteiger partial charge on any atom is -0.316 e. The average molecular weight is 374 g/mol. The molecule has 1 fully saturated rings. The topological polar surface area (TPSA) is 55.4 Å². The first-order valence-corrected chi connectivity index (χ1v) is 11.0. The molecule has 1 atom stereocenters. The van der Waals surface area contributed by atoms with Crippen molar-refractivity contribution in [3.05, 3.63) is 71.8 Å². The Morgan fingerprint density at radius 1 is 1.04 bits per heavy atom. The smallest absolute Gasteiger partial charge is 0.265 e. The van der Waals surface area contributed by atoms with Gasteiger partial charge in [-0.1, -0.05) is 60.7 Å². The molecule has 140 valence electrons. The maximum Gasteiger partial charge on any atom is 0.265 e. The Kier molecular flexibility index (Phi) is 6.12. The highest BCUT2D eigenvalue weighted by molar-refractivity contribution is 7.86. The number of piperidine rings is 1. The van der Waals surface area contributed by atoms with Gasteiger partial charge in [0.05, 0.1) is 6.26 Å². The van der Waals surface area contributed by atoms with Crippen molar-refractivity contribution in [3.63, 3.8) is 0 Å². The molecule has 0 aliphatic carbocycles. The summed E-state index contributed by atoms with van der Waals surface area (Å²) in [6.07, 6.45) is 5.01. The summed E-state index contributed by atoms with van der Waals surface area (Å²) in [4.78, 5) is 0. The fourth-order valence-electron chi connectivity index (χ4n) is 3.84. The largest absolute Gasteiger partial charge is 0.316 e. The van der Waals surface area contributed by atoms with Crippen LogP contribution in [0, 0.1) is 5.92 Å². The van der Waals surface area contributed by atoms with Crippen molar-refractivity contribution in [2.24, 2.45) is 5.92 Å². The van der Waals surface area contributed by atoms with E-state index in [0.717, 1.165) is 36.9 Å². The third kappa shape index (κ3) is 4.72. The second-order valence-electron chi connectivity index (χ2n) is 7.10.